The number of rotatable bonds is 28. The number of unbranched alkanes of at least 4 members (excludes halogenated alkanes) is 19. The Morgan fingerprint density at radius 2 is 0.972 bits per heavy atom. The molecule has 0 saturated heterocycles. The number of esters is 2. The molecule has 0 rings (SSSR count). The van der Waals surface area contributed by atoms with Crippen molar-refractivity contribution in [3.8, 4) is 0 Å². The fourth-order valence-electron chi connectivity index (χ4n) is 4.45. The van der Waals surface area contributed by atoms with Crippen LogP contribution in [-0.2, 0) is 23.8 Å². The largest absolute Gasteiger partial charge is 0.462 e. The summed E-state index contributed by atoms with van der Waals surface area (Å²) in [5.41, 5.74) is 0. The second-order valence-electron chi connectivity index (χ2n) is 10.5. The molecule has 0 aromatic heterocycles. The zero-order valence-electron chi connectivity index (χ0n) is 24.3. The summed E-state index contributed by atoms with van der Waals surface area (Å²) < 4.78 is 16.3. The van der Waals surface area contributed by atoms with E-state index < -0.39 is 6.10 Å². The van der Waals surface area contributed by atoms with Crippen molar-refractivity contribution >= 4 is 11.9 Å². The van der Waals surface area contributed by atoms with Crippen LogP contribution in [0.4, 0.5) is 0 Å². The van der Waals surface area contributed by atoms with Gasteiger partial charge in [0, 0.05) is 20.0 Å². The molecule has 0 aliphatic carbocycles. The summed E-state index contributed by atoms with van der Waals surface area (Å²) in [6.07, 6.45) is 26.7. The Morgan fingerprint density at radius 3 is 1.42 bits per heavy atom. The van der Waals surface area contributed by atoms with Gasteiger partial charge in [-0.25, -0.2) is 0 Å². The van der Waals surface area contributed by atoms with Gasteiger partial charge < -0.3 is 14.2 Å². The summed E-state index contributed by atoms with van der Waals surface area (Å²) >= 11 is 0. The standard InChI is InChI=1S/C31H60O5/c1-4-6-8-10-12-13-14-15-16-17-18-20-22-24-26-34-27-30(36-29(3)32)28-35-31(33)25-23-21-19-11-9-7-5-2/h30H,4-28H2,1-3H3/t30-/m1/s1. The van der Waals surface area contributed by atoms with Gasteiger partial charge in [-0.2, -0.15) is 0 Å². The Hall–Kier alpha value is -1.10. The SMILES string of the molecule is CCCCCCCCCCCCCCCCOC[C@H](COC(=O)CCCCCCCCC)OC(C)=O. The first-order valence-electron chi connectivity index (χ1n) is 15.5. The maximum absolute atomic E-state index is 12.0. The number of hydrogen-bond acceptors (Lipinski definition) is 5. The Kier molecular flexibility index (Phi) is 27.6. The summed E-state index contributed by atoms with van der Waals surface area (Å²) in [6, 6.07) is 0. The van der Waals surface area contributed by atoms with Gasteiger partial charge in [-0.3, -0.25) is 9.59 Å². The van der Waals surface area contributed by atoms with Crippen molar-refractivity contribution in [3.05, 3.63) is 0 Å². The molecule has 5 heteroatoms. The highest BCUT2D eigenvalue weighted by molar-refractivity contribution is 5.69. The van der Waals surface area contributed by atoms with Crippen LogP contribution in [-0.4, -0.2) is 37.9 Å². The van der Waals surface area contributed by atoms with Gasteiger partial charge in [0.15, 0.2) is 6.10 Å². The van der Waals surface area contributed by atoms with E-state index in [2.05, 4.69) is 13.8 Å². The minimum Gasteiger partial charge on any atom is -0.462 e. The molecule has 0 aromatic carbocycles. The van der Waals surface area contributed by atoms with Crippen molar-refractivity contribution in [1.82, 2.24) is 0 Å². The molecule has 36 heavy (non-hydrogen) atoms. The van der Waals surface area contributed by atoms with E-state index in [4.69, 9.17) is 14.2 Å². The van der Waals surface area contributed by atoms with Gasteiger partial charge in [0.05, 0.1) is 6.61 Å². The molecule has 0 unspecified atom stereocenters. The van der Waals surface area contributed by atoms with Crippen LogP contribution < -0.4 is 0 Å². The van der Waals surface area contributed by atoms with E-state index in [0.29, 0.717) is 13.0 Å². The lowest BCUT2D eigenvalue weighted by atomic mass is 10.0. The molecule has 0 N–H and O–H groups in total. The molecular formula is C31H60O5. The molecule has 0 aromatic rings. The van der Waals surface area contributed by atoms with Gasteiger partial charge in [0.25, 0.3) is 0 Å². The quantitative estimate of drug-likeness (QED) is 0.0772. The third-order valence-electron chi connectivity index (χ3n) is 6.69. The molecule has 0 amide bonds. The van der Waals surface area contributed by atoms with Gasteiger partial charge in [-0.1, -0.05) is 136 Å². The van der Waals surface area contributed by atoms with E-state index in [1.54, 1.807) is 0 Å². The Labute approximate surface area is 223 Å². The maximum atomic E-state index is 12.0. The van der Waals surface area contributed by atoms with Crippen molar-refractivity contribution in [3.63, 3.8) is 0 Å². The highest BCUT2D eigenvalue weighted by atomic mass is 16.6. The van der Waals surface area contributed by atoms with Crippen LogP contribution in [0.15, 0.2) is 0 Å². The topological polar surface area (TPSA) is 61.8 Å². The normalized spacial score (nSPS) is 12.0. The zero-order valence-corrected chi connectivity index (χ0v) is 24.3. The van der Waals surface area contributed by atoms with Crippen molar-refractivity contribution in [2.45, 2.75) is 168 Å². The van der Waals surface area contributed by atoms with Crippen LogP contribution in [0.1, 0.15) is 162 Å². The fraction of sp³-hybridized carbons (Fsp3) is 0.935. The third kappa shape index (κ3) is 27.5. The molecule has 0 spiro atoms. The monoisotopic (exact) mass is 512 g/mol. The minimum atomic E-state index is -0.521. The van der Waals surface area contributed by atoms with Crippen molar-refractivity contribution in [1.29, 1.82) is 0 Å². The molecule has 0 heterocycles. The first-order chi connectivity index (χ1) is 17.6. The van der Waals surface area contributed by atoms with Gasteiger partial charge in [-0.05, 0) is 12.8 Å². The molecule has 0 aliphatic rings. The first kappa shape index (κ1) is 34.9. The zero-order chi connectivity index (χ0) is 26.5. The number of ether oxygens (including phenoxy) is 3. The van der Waals surface area contributed by atoms with E-state index in [1.807, 2.05) is 0 Å². The smallest absolute Gasteiger partial charge is 0.305 e. The summed E-state index contributed by atoms with van der Waals surface area (Å²) in [6.45, 7) is 6.87. The van der Waals surface area contributed by atoms with E-state index in [9.17, 15) is 9.59 Å². The van der Waals surface area contributed by atoms with Crippen LogP contribution >= 0.6 is 0 Å². The highest BCUT2D eigenvalue weighted by Crippen LogP contribution is 2.13. The first-order valence-corrected chi connectivity index (χ1v) is 15.5. The average molecular weight is 513 g/mol. The van der Waals surface area contributed by atoms with Gasteiger partial charge in [0.1, 0.15) is 6.61 Å². The van der Waals surface area contributed by atoms with E-state index in [-0.39, 0.29) is 25.2 Å². The van der Waals surface area contributed by atoms with E-state index in [1.165, 1.54) is 122 Å². The summed E-state index contributed by atoms with van der Waals surface area (Å²) in [7, 11) is 0. The number of hydrogen-bond donors (Lipinski definition) is 0. The predicted octanol–water partition coefficient (Wildman–Crippen LogP) is 9.10. The summed E-state index contributed by atoms with van der Waals surface area (Å²) in [5.74, 6) is -0.587. The predicted molar refractivity (Wildman–Crippen MR) is 150 cm³/mol. The fourth-order valence-corrected chi connectivity index (χ4v) is 4.45. The second-order valence-corrected chi connectivity index (χ2v) is 10.5. The molecule has 5 nitrogen and oxygen atoms in total. The number of carbonyl (C=O) groups is 2. The molecule has 0 radical (unpaired) electrons. The molecule has 0 aliphatic heterocycles. The lowest BCUT2D eigenvalue weighted by Crippen LogP contribution is -2.29. The molecule has 0 saturated carbocycles. The minimum absolute atomic E-state index is 0.0770. The van der Waals surface area contributed by atoms with Crippen LogP contribution in [0.3, 0.4) is 0 Å². The molecule has 1 atom stereocenters. The van der Waals surface area contributed by atoms with Crippen LogP contribution in [0.5, 0.6) is 0 Å². The summed E-state index contributed by atoms with van der Waals surface area (Å²) in [5, 5.41) is 0. The summed E-state index contributed by atoms with van der Waals surface area (Å²) in [4.78, 5) is 23.4. The van der Waals surface area contributed by atoms with Crippen molar-refractivity contribution < 1.29 is 23.8 Å². The van der Waals surface area contributed by atoms with Gasteiger partial charge >= 0.3 is 11.9 Å². The van der Waals surface area contributed by atoms with E-state index >= 15 is 0 Å². The van der Waals surface area contributed by atoms with Crippen molar-refractivity contribution in [2.24, 2.45) is 0 Å². The van der Waals surface area contributed by atoms with Gasteiger partial charge in [0.2, 0.25) is 0 Å². The Balaban J connectivity index is 3.61. The van der Waals surface area contributed by atoms with Crippen LogP contribution in [0.2, 0.25) is 0 Å². The van der Waals surface area contributed by atoms with E-state index in [0.717, 1.165) is 19.3 Å². The number of carbonyl (C=O) groups excluding carboxylic acids is 2. The lowest BCUT2D eigenvalue weighted by molar-refractivity contribution is -0.161. The molecule has 214 valence electrons. The lowest BCUT2D eigenvalue weighted by Gasteiger charge is -2.17. The Bertz CT molecular complexity index is 480. The van der Waals surface area contributed by atoms with Gasteiger partial charge in [-0.15, -0.1) is 0 Å². The Morgan fingerprint density at radius 1 is 0.556 bits per heavy atom. The van der Waals surface area contributed by atoms with Crippen molar-refractivity contribution in [2.75, 3.05) is 19.8 Å². The molecule has 0 bridgehead atoms. The molecular weight excluding hydrogens is 452 g/mol. The maximum Gasteiger partial charge on any atom is 0.305 e. The third-order valence-corrected chi connectivity index (χ3v) is 6.69. The molecule has 0 fully saturated rings. The van der Waals surface area contributed by atoms with Crippen LogP contribution in [0.25, 0.3) is 0 Å². The van der Waals surface area contributed by atoms with Crippen LogP contribution in [0, 0.1) is 0 Å². The average Bonchev–Trinajstić information content (AvgIpc) is 2.86. The highest BCUT2D eigenvalue weighted by Gasteiger charge is 2.15. The second kappa shape index (κ2) is 28.5.